The van der Waals surface area contributed by atoms with E-state index in [0.29, 0.717) is 0 Å². The smallest absolute Gasteiger partial charge is 0.247 e. The molecule has 0 spiro atoms. The van der Waals surface area contributed by atoms with Gasteiger partial charge in [0, 0.05) is 6.54 Å². The van der Waals surface area contributed by atoms with Gasteiger partial charge in [-0.25, -0.2) is 22.0 Å². The maximum absolute atomic E-state index is 13.0. The molecule has 0 fully saturated rings. The minimum Gasteiger partial charge on any atom is -0.368 e. The third-order valence-electron chi connectivity index (χ3n) is 3.90. The molecule has 1 aliphatic rings. The van der Waals surface area contributed by atoms with Crippen molar-refractivity contribution in [3.63, 3.8) is 0 Å². The Morgan fingerprint density at radius 3 is 2.48 bits per heavy atom. The maximum atomic E-state index is 13.0. The number of halogens is 1. The average Bonchev–Trinajstić information content (AvgIpc) is 2.51. The summed E-state index contributed by atoms with van der Waals surface area (Å²) in [5.74, 6) is 0. The van der Waals surface area contributed by atoms with Crippen molar-refractivity contribution in [2.24, 2.45) is 5.14 Å². The first-order valence-corrected chi connectivity index (χ1v) is 10.7. The second-order valence-electron chi connectivity index (χ2n) is 5.68. The van der Waals surface area contributed by atoms with Crippen LogP contribution in [0.5, 0.6) is 0 Å². The Balaban J connectivity index is 2.12. The summed E-state index contributed by atoms with van der Waals surface area (Å²) in [4.78, 5) is -0.595. The molecule has 2 aromatic rings. The zero-order valence-corrected chi connectivity index (χ0v) is 15.6. The molecule has 0 aliphatic carbocycles. The Hall–Kier alpha value is -1.65. The lowest BCUT2D eigenvalue weighted by atomic mass is 10.2. The van der Waals surface area contributed by atoms with Gasteiger partial charge in [0.25, 0.3) is 0 Å². The average molecular weight is 402 g/mol. The Morgan fingerprint density at radius 2 is 1.88 bits per heavy atom. The van der Waals surface area contributed by atoms with Gasteiger partial charge in [-0.1, -0.05) is 41.9 Å². The molecule has 1 unspecified atom stereocenters. The highest BCUT2D eigenvalue weighted by Crippen LogP contribution is 2.37. The van der Waals surface area contributed by atoms with E-state index in [9.17, 15) is 16.8 Å². The predicted molar refractivity (Wildman–Crippen MR) is 95.1 cm³/mol. The first-order chi connectivity index (χ1) is 11.6. The van der Waals surface area contributed by atoms with E-state index in [1.165, 1.54) is 10.4 Å². The van der Waals surface area contributed by atoms with Crippen LogP contribution in [0.15, 0.2) is 52.3 Å². The van der Waals surface area contributed by atoms with Crippen LogP contribution in [0.1, 0.15) is 12.5 Å². The molecule has 0 amide bonds. The van der Waals surface area contributed by atoms with E-state index in [1.54, 1.807) is 6.92 Å². The number of anilines is 1. The zero-order valence-electron chi connectivity index (χ0n) is 13.2. The molecule has 3 rings (SSSR count). The number of benzene rings is 2. The SMILES string of the molecule is CC1Nc2cc(Cl)c(S(N)(=O)=O)cc2S(=O)(=O)N1Cc1ccccc1. The van der Waals surface area contributed by atoms with Crippen molar-refractivity contribution in [2.75, 3.05) is 5.32 Å². The summed E-state index contributed by atoms with van der Waals surface area (Å²) in [6.45, 7) is 1.84. The minimum absolute atomic E-state index is 0.132. The van der Waals surface area contributed by atoms with Crippen molar-refractivity contribution in [2.45, 2.75) is 29.4 Å². The zero-order chi connectivity index (χ0) is 18.4. The molecule has 0 saturated carbocycles. The molecule has 134 valence electrons. The molecule has 0 saturated heterocycles. The number of hydrogen-bond acceptors (Lipinski definition) is 5. The topological polar surface area (TPSA) is 110 Å². The van der Waals surface area contributed by atoms with Gasteiger partial charge in [-0.05, 0) is 24.6 Å². The first-order valence-electron chi connectivity index (χ1n) is 7.29. The fourth-order valence-corrected chi connectivity index (χ4v) is 5.57. The normalized spacial score (nSPS) is 19.9. The van der Waals surface area contributed by atoms with Crippen molar-refractivity contribution in [3.8, 4) is 0 Å². The lowest BCUT2D eigenvalue weighted by molar-refractivity contribution is 0.347. The fourth-order valence-electron chi connectivity index (χ4n) is 2.70. The lowest BCUT2D eigenvalue weighted by Gasteiger charge is -2.35. The van der Waals surface area contributed by atoms with Gasteiger partial charge in [-0.15, -0.1) is 0 Å². The molecular formula is C15H16ClN3O4S2. The Labute approximate surface area is 151 Å². The first kappa shape index (κ1) is 18.2. The van der Waals surface area contributed by atoms with Gasteiger partial charge in [-0.3, -0.25) is 0 Å². The number of hydrogen-bond donors (Lipinski definition) is 2. The predicted octanol–water partition coefficient (Wildman–Crippen LogP) is 1.95. The Morgan fingerprint density at radius 1 is 1.24 bits per heavy atom. The van der Waals surface area contributed by atoms with Gasteiger partial charge in [-0.2, -0.15) is 4.31 Å². The van der Waals surface area contributed by atoms with Crippen LogP contribution in [0.25, 0.3) is 0 Å². The quantitative estimate of drug-likeness (QED) is 0.816. The number of rotatable bonds is 3. The van der Waals surface area contributed by atoms with Crippen LogP contribution in [0.3, 0.4) is 0 Å². The molecular weight excluding hydrogens is 386 g/mol. The number of nitrogens with one attached hydrogen (secondary N) is 1. The summed E-state index contributed by atoms with van der Waals surface area (Å²) >= 11 is 5.95. The third kappa shape index (κ3) is 3.38. The van der Waals surface area contributed by atoms with Crippen molar-refractivity contribution < 1.29 is 16.8 Å². The van der Waals surface area contributed by atoms with Crippen LogP contribution in [0, 0.1) is 0 Å². The van der Waals surface area contributed by atoms with Gasteiger partial charge in [0.1, 0.15) is 9.79 Å². The second-order valence-corrected chi connectivity index (χ2v) is 9.48. The molecule has 10 heteroatoms. The van der Waals surface area contributed by atoms with Crippen molar-refractivity contribution in [3.05, 3.63) is 53.1 Å². The molecule has 25 heavy (non-hydrogen) atoms. The molecule has 0 bridgehead atoms. The Bertz CT molecular complexity index is 1020. The third-order valence-corrected chi connectivity index (χ3v) is 7.24. The van der Waals surface area contributed by atoms with Gasteiger partial charge >= 0.3 is 0 Å². The van der Waals surface area contributed by atoms with Crippen molar-refractivity contribution in [1.29, 1.82) is 0 Å². The van der Waals surface area contributed by atoms with E-state index >= 15 is 0 Å². The van der Waals surface area contributed by atoms with Crippen LogP contribution in [0.2, 0.25) is 5.02 Å². The van der Waals surface area contributed by atoms with Crippen LogP contribution < -0.4 is 10.5 Å². The summed E-state index contributed by atoms with van der Waals surface area (Å²) in [5, 5.41) is 8.02. The lowest BCUT2D eigenvalue weighted by Crippen LogP contribution is -2.46. The number of nitrogens with two attached hydrogens (primary N) is 1. The highest BCUT2D eigenvalue weighted by molar-refractivity contribution is 7.90. The summed E-state index contributed by atoms with van der Waals surface area (Å²) in [6, 6.07) is 11.4. The molecule has 3 N–H and O–H groups in total. The Kier molecular flexibility index (Phi) is 4.54. The van der Waals surface area contributed by atoms with Crippen molar-refractivity contribution >= 4 is 37.3 Å². The fraction of sp³-hybridized carbons (Fsp3) is 0.200. The van der Waals surface area contributed by atoms with Gasteiger partial charge < -0.3 is 5.32 Å². The highest BCUT2D eigenvalue weighted by Gasteiger charge is 2.37. The van der Waals surface area contributed by atoms with Gasteiger partial charge in [0.15, 0.2) is 0 Å². The molecule has 7 nitrogen and oxygen atoms in total. The van der Waals surface area contributed by atoms with E-state index < -0.39 is 31.1 Å². The number of nitrogens with zero attached hydrogens (tertiary/aromatic N) is 1. The van der Waals surface area contributed by atoms with Crippen LogP contribution in [-0.4, -0.2) is 27.3 Å². The summed E-state index contributed by atoms with van der Waals surface area (Å²) in [7, 11) is -8.09. The van der Waals surface area contributed by atoms with Crippen molar-refractivity contribution in [1.82, 2.24) is 4.31 Å². The van der Waals surface area contributed by atoms with Crippen LogP contribution >= 0.6 is 11.6 Å². The summed E-state index contributed by atoms with van der Waals surface area (Å²) in [5.41, 5.74) is 1.05. The largest absolute Gasteiger partial charge is 0.368 e. The number of fused-ring (bicyclic) bond motifs is 1. The van der Waals surface area contributed by atoms with E-state index in [2.05, 4.69) is 5.32 Å². The number of primary sulfonamides is 1. The van der Waals surface area contributed by atoms with E-state index in [1.807, 2.05) is 30.3 Å². The van der Waals surface area contributed by atoms with Gasteiger partial charge in [0.05, 0.1) is 16.9 Å². The van der Waals surface area contributed by atoms with Crippen LogP contribution in [0.4, 0.5) is 5.69 Å². The highest BCUT2D eigenvalue weighted by atomic mass is 35.5. The molecule has 0 aromatic heterocycles. The molecule has 2 aromatic carbocycles. The standard InChI is InChI=1S/C15H16ClN3O4S2/c1-10-18-13-7-12(16)14(24(17,20)21)8-15(13)25(22,23)19(10)9-11-5-3-2-4-6-11/h2-8,10,18H,9H2,1H3,(H2,17,20,21). The molecule has 0 radical (unpaired) electrons. The number of sulfonamides is 2. The summed E-state index contributed by atoms with van der Waals surface area (Å²) < 4.78 is 50.6. The minimum atomic E-state index is -4.15. The van der Waals surface area contributed by atoms with Gasteiger partial charge in [0.2, 0.25) is 20.0 Å². The monoisotopic (exact) mass is 401 g/mol. The van der Waals surface area contributed by atoms with Crippen LogP contribution in [-0.2, 0) is 26.6 Å². The van der Waals surface area contributed by atoms with E-state index in [0.717, 1.165) is 11.6 Å². The maximum Gasteiger partial charge on any atom is 0.247 e. The van der Waals surface area contributed by atoms with E-state index in [-0.39, 0.29) is 22.2 Å². The second kappa shape index (κ2) is 6.26. The summed E-state index contributed by atoms with van der Waals surface area (Å²) in [6.07, 6.45) is -0.533. The molecule has 1 aliphatic heterocycles. The molecule has 1 heterocycles. The molecule has 1 atom stereocenters. The van der Waals surface area contributed by atoms with E-state index in [4.69, 9.17) is 16.7 Å².